The van der Waals surface area contributed by atoms with Gasteiger partial charge >= 0.3 is 5.69 Å². The molecule has 1 aromatic rings. The standard InChI is InChI=1S/C14H19FN2O3/c1-4-9(2)7-10(3)16-14(18)11-5-6-12(15)13(8-11)17(19)20/h5-6,8-10H,4,7H2,1-3H3,(H,16,18). The molecule has 5 nitrogen and oxygen atoms in total. The van der Waals surface area contributed by atoms with E-state index in [1.165, 1.54) is 6.07 Å². The van der Waals surface area contributed by atoms with Gasteiger partial charge in [-0.25, -0.2) is 0 Å². The van der Waals surface area contributed by atoms with Gasteiger partial charge in [-0.15, -0.1) is 0 Å². The van der Waals surface area contributed by atoms with Gasteiger partial charge in [-0.3, -0.25) is 14.9 Å². The summed E-state index contributed by atoms with van der Waals surface area (Å²) in [5.74, 6) is -0.893. The highest BCUT2D eigenvalue weighted by molar-refractivity contribution is 5.95. The second-order valence-electron chi connectivity index (χ2n) is 5.05. The van der Waals surface area contributed by atoms with E-state index in [1.54, 1.807) is 0 Å². The zero-order valence-corrected chi connectivity index (χ0v) is 11.9. The van der Waals surface area contributed by atoms with Crippen molar-refractivity contribution in [3.8, 4) is 0 Å². The number of nitro groups is 1. The monoisotopic (exact) mass is 282 g/mol. The first-order chi connectivity index (χ1) is 9.35. The summed E-state index contributed by atoms with van der Waals surface area (Å²) in [6, 6.07) is 3.10. The molecule has 0 bridgehead atoms. The van der Waals surface area contributed by atoms with Gasteiger partial charge in [0.05, 0.1) is 4.92 Å². The van der Waals surface area contributed by atoms with Crippen LogP contribution in [0.2, 0.25) is 0 Å². The molecule has 0 spiro atoms. The highest BCUT2D eigenvalue weighted by atomic mass is 19.1. The molecule has 1 N–H and O–H groups in total. The lowest BCUT2D eigenvalue weighted by molar-refractivity contribution is -0.387. The van der Waals surface area contributed by atoms with Crippen molar-refractivity contribution in [3.63, 3.8) is 0 Å². The van der Waals surface area contributed by atoms with Crippen LogP contribution in [0.25, 0.3) is 0 Å². The van der Waals surface area contributed by atoms with Crippen LogP contribution in [0.5, 0.6) is 0 Å². The van der Waals surface area contributed by atoms with Crippen molar-refractivity contribution in [3.05, 3.63) is 39.7 Å². The van der Waals surface area contributed by atoms with Gasteiger partial charge in [-0.1, -0.05) is 20.3 Å². The Morgan fingerprint density at radius 3 is 2.65 bits per heavy atom. The Morgan fingerprint density at radius 2 is 2.10 bits per heavy atom. The quantitative estimate of drug-likeness (QED) is 0.642. The first-order valence-electron chi connectivity index (χ1n) is 6.60. The number of carbonyl (C=O) groups excluding carboxylic acids is 1. The molecule has 110 valence electrons. The van der Waals surface area contributed by atoms with E-state index in [2.05, 4.69) is 19.2 Å². The highest BCUT2D eigenvalue weighted by Crippen LogP contribution is 2.19. The number of hydrogen-bond acceptors (Lipinski definition) is 3. The minimum absolute atomic E-state index is 0.0402. The van der Waals surface area contributed by atoms with Gasteiger partial charge in [0.2, 0.25) is 5.82 Å². The Balaban J connectivity index is 2.78. The van der Waals surface area contributed by atoms with Crippen LogP contribution in [0.1, 0.15) is 44.0 Å². The number of benzene rings is 1. The zero-order valence-electron chi connectivity index (χ0n) is 11.9. The van der Waals surface area contributed by atoms with Gasteiger partial charge in [0.1, 0.15) is 0 Å². The van der Waals surface area contributed by atoms with Crippen LogP contribution in [-0.4, -0.2) is 16.9 Å². The summed E-state index contributed by atoms with van der Waals surface area (Å²) in [4.78, 5) is 21.8. The van der Waals surface area contributed by atoms with Crippen LogP contribution in [0, 0.1) is 21.8 Å². The van der Waals surface area contributed by atoms with E-state index >= 15 is 0 Å². The van der Waals surface area contributed by atoms with Crippen molar-refractivity contribution in [1.29, 1.82) is 0 Å². The van der Waals surface area contributed by atoms with Crippen molar-refractivity contribution in [2.45, 2.75) is 39.7 Å². The molecule has 1 amide bonds. The summed E-state index contributed by atoms with van der Waals surface area (Å²) in [6.45, 7) is 6.04. The lowest BCUT2D eigenvalue weighted by atomic mass is 10.00. The first-order valence-corrected chi connectivity index (χ1v) is 6.60. The molecule has 2 unspecified atom stereocenters. The normalized spacial score (nSPS) is 13.6. The number of nitro benzene ring substituents is 1. The predicted octanol–water partition coefficient (Wildman–Crippen LogP) is 3.29. The molecule has 0 saturated heterocycles. The molecule has 20 heavy (non-hydrogen) atoms. The molecular weight excluding hydrogens is 263 g/mol. The van der Waals surface area contributed by atoms with Crippen molar-refractivity contribution in [2.75, 3.05) is 0 Å². The van der Waals surface area contributed by atoms with E-state index in [1.807, 2.05) is 6.92 Å². The fraction of sp³-hybridized carbons (Fsp3) is 0.500. The van der Waals surface area contributed by atoms with E-state index in [0.29, 0.717) is 5.92 Å². The second kappa shape index (κ2) is 6.98. The maximum absolute atomic E-state index is 13.2. The number of nitrogens with one attached hydrogen (secondary N) is 1. The van der Waals surface area contributed by atoms with Gasteiger partial charge in [0, 0.05) is 17.7 Å². The number of carbonyl (C=O) groups is 1. The van der Waals surface area contributed by atoms with Crippen LogP contribution in [0.3, 0.4) is 0 Å². The molecule has 2 atom stereocenters. The van der Waals surface area contributed by atoms with Gasteiger partial charge in [-0.05, 0) is 31.4 Å². The molecule has 0 aliphatic heterocycles. The van der Waals surface area contributed by atoms with Crippen molar-refractivity contribution in [1.82, 2.24) is 5.32 Å². The summed E-state index contributed by atoms with van der Waals surface area (Å²) in [5.41, 5.74) is -0.596. The summed E-state index contributed by atoms with van der Waals surface area (Å²) < 4.78 is 13.2. The average Bonchev–Trinajstić information content (AvgIpc) is 2.38. The largest absolute Gasteiger partial charge is 0.350 e. The van der Waals surface area contributed by atoms with Gasteiger partial charge in [0.15, 0.2) is 0 Å². The summed E-state index contributed by atoms with van der Waals surface area (Å²) in [7, 11) is 0. The Labute approximate surface area is 117 Å². The SMILES string of the molecule is CCC(C)CC(C)NC(=O)c1ccc(F)c([N+](=O)[O-])c1. The van der Waals surface area contributed by atoms with E-state index in [-0.39, 0.29) is 11.6 Å². The molecule has 0 saturated carbocycles. The smallest absolute Gasteiger partial charge is 0.305 e. The molecule has 0 aromatic heterocycles. The second-order valence-corrected chi connectivity index (χ2v) is 5.05. The zero-order chi connectivity index (χ0) is 15.3. The molecule has 0 fully saturated rings. The van der Waals surface area contributed by atoms with Crippen molar-refractivity contribution >= 4 is 11.6 Å². The molecule has 6 heteroatoms. The molecule has 1 rings (SSSR count). The van der Waals surface area contributed by atoms with Crippen LogP contribution < -0.4 is 5.32 Å². The maximum atomic E-state index is 13.2. The molecule has 0 aliphatic rings. The third-order valence-corrected chi connectivity index (χ3v) is 3.24. The first kappa shape index (κ1) is 16.1. The van der Waals surface area contributed by atoms with Crippen LogP contribution in [-0.2, 0) is 0 Å². The fourth-order valence-corrected chi connectivity index (χ4v) is 1.93. The van der Waals surface area contributed by atoms with E-state index in [9.17, 15) is 19.3 Å². The van der Waals surface area contributed by atoms with E-state index < -0.39 is 22.3 Å². The average molecular weight is 282 g/mol. The Bertz CT molecular complexity index is 505. The third-order valence-electron chi connectivity index (χ3n) is 3.24. The molecular formula is C14H19FN2O3. The van der Waals surface area contributed by atoms with Gasteiger partial charge in [-0.2, -0.15) is 4.39 Å². The summed E-state index contributed by atoms with van der Waals surface area (Å²) in [6.07, 6.45) is 1.84. The number of nitrogens with zero attached hydrogens (tertiary/aromatic N) is 1. The minimum atomic E-state index is -0.945. The van der Waals surface area contributed by atoms with Crippen molar-refractivity contribution in [2.24, 2.45) is 5.92 Å². The summed E-state index contributed by atoms with van der Waals surface area (Å²) in [5, 5.41) is 13.4. The molecule has 0 radical (unpaired) electrons. The van der Waals surface area contributed by atoms with Crippen LogP contribution in [0.4, 0.5) is 10.1 Å². The van der Waals surface area contributed by atoms with E-state index in [4.69, 9.17) is 0 Å². The third kappa shape index (κ3) is 4.29. The number of halogens is 1. The number of rotatable bonds is 6. The number of amides is 1. The van der Waals surface area contributed by atoms with Gasteiger partial charge in [0.25, 0.3) is 5.91 Å². The van der Waals surface area contributed by atoms with Crippen LogP contribution in [0.15, 0.2) is 18.2 Å². The fourth-order valence-electron chi connectivity index (χ4n) is 1.93. The van der Waals surface area contributed by atoms with Crippen molar-refractivity contribution < 1.29 is 14.1 Å². The predicted molar refractivity (Wildman–Crippen MR) is 74.1 cm³/mol. The topological polar surface area (TPSA) is 72.2 Å². The maximum Gasteiger partial charge on any atom is 0.305 e. The van der Waals surface area contributed by atoms with Gasteiger partial charge < -0.3 is 5.32 Å². The number of hydrogen-bond donors (Lipinski definition) is 1. The Kier molecular flexibility index (Phi) is 5.61. The molecule has 0 aliphatic carbocycles. The van der Waals surface area contributed by atoms with E-state index in [0.717, 1.165) is 25.0 Å². The summed E-state index contributed by atoms with van der Waals surface area (Å²) >= 11 is 0. The van der Waals surface area contributed by atoms with Crippen LogP contribution >= 0.6 is 0 Å². The molecule has 0 heterocycles. The Hall–Kier alpha value is -1.98. The Morgan fingerprint density at radius 1 is 1.45 bits per heavy atom. The minimum Gasteiger partial charge on any atom is -0.350 e. The lowest BCUT2D eigenvalue weighted by Crippen LogP contribution is -2.33. The molecule has 1 aromatic carbocycles. The lowest BCUT2D eigenvalue weighted by Gasteiger charge is -2.17. The highest BCUT2D eigenvalue weighted by Gasteiger charge is 2.18.